The van der Waals surface area contributed by atoms with Gasteiger partial charge in [0.25, 0.3) is 5.56 Å². The summed E-state index contributed by atoms with van der Waals surface area (Å²) in [6, 6.07) is 1.15. The first kappa shape index (κ1) is 12.1. The van der Waals surface area contributed by atoms with Crippen molar-refractivity contribution in [2.45, 2.75) is 6.36 Å². The van der Waals surface area contributed by atoms with Crippen LogP contribution in [0.4, 0.5) is 13.2 Å². The van der Waals surface area contributed by atoms with Gasteiger partial charge in [-0.15, -0.1) is 13.2 Å². The molecule has 0 saturated heterocycles. The van der Waals surface area contributed by atoms with Crippen LogP contribution in [0.15, 0.2) is 10.9 Å². The van der Waals surface area contributed by atoms with Gasteiger partial charge in [0.15, 0.2) is 5.75 Å². The van der Waals surface area contributed by atoms with Crippen LogP contribution in [0.5, 0.6) is 11.6 Å². The van der Waals surface area contributed by atoms with E-state index >= 15 is 0 Å². The Morgan fingerprint density at radius 2 is 2.07 bits per heavy atom. The van der Waals surface area contributed by atoms with E-state index in [4.69, 9.17) is 0 Å². The standard InChI is InChI=1S/C7H5F3INO3/c1-14-4-2-3(11)5(13)12-6(4)15-7(8,9)10/h2H,1H3,(H,12,13). The molecule has 0 aliphatic rings. The molecule has 0 spiro atoms. The molecule has 1 heterocycles. The van der Waals surface area contributed by atoms with Gasteiger partial charge in [0, 0.05) is 6.07 Å². The van der Waals surface area contributed by atoms with Gasteiger partial charge >= 0.3 is 6.36 Å². The first-order chi connectivity index (χ1) is 6.83. The predicted molar refractivity (Wildman–Crippen MR) is 53.0 cm³/mol. The van der Waals surface area contributed by atoms with E-state index in [1.165, 1.54) is 7.11 Å². The first-order valence-corrected chi connectivity index (χ1v) is 4.64. The van der Waals surface area contributed by atoms with E-state index in [1.54, 1.807) is 22.6 Å². The molecular formula is C7H5F3INO3. The van der Waals surface area contributed by atoms with Crippen molar-refractivity contribution < 1.29 is 22.6 Å². The van der Waals surface area contributed by atoms with Crippen molar-refractivity contribution in [1.82, 2.24) is 4.98 Å². The molecule has 1 aromatic rings. The van der Waals surface area contributed by atoms with Crippen LogP contribution >= 0.6 is 22.6 Å². The molecule has 0 aromatic carbocycles. The third kappa shape index (κ3) is 3.29. The number of aromatic nitrogens is 1. The summed E-state index contributed by atoms with van der Waals surface area (Å²) >= 11 is 1.67. The normalized spacial score (nSPS) is 11.3. The fourth-order valence-electron chi connectivity index (χ4n) is 0.814. The predicted octanol–water partition coefficient (Wildman–Crippen LogP) is 1.89. The lowest BCUT2D eigenvalue weighted by Crippen LogP contribution is -2.21. The van der Waals surface area contributed by atoms with Gasteiger partial charge in [-0.25, -0.2) is 0 Å². The number of aromatic amines is 1. The second kappa shape index (κ2) is 4.29. The Hall–Kier alpha value is -0.930. The van der Waals surface area contributed by atoms with Crippen LogP contribution in [0.2, 0.25) is 0 Å². The van der Waals surface area contributed by atoms with E-state index < -0.39 is 17.8 Å². The van der Waals surface area contributed by atoms with E-state index in [0.717, 1.165) is 6.07 Å². The Kier molecular flexibility index (Phi) is 3.47. The minimum Gasteiger partial charge on any atom is -0.491 e. The zero-order chi connectivity index (χ0) is 11.6. The number of hydrogen-bond donors (Lipinski definition) is 1. The van der Waals surface area contributed by atoms with E-state index in [-0.39, 0.29) is 9.32 Å². The average molecular weight is 335 g/mol. The van der Waals surface area contributed by atoms with Crippen molar-refractivity contribution in [3.05, 3.63) is 20.0 Å². The highest BCUT2D eigenvalue weighted by atomic mass is 127. The van der Waals surface area contributed by atoms with Crippen LogP contribution in [-0.2, 0) is 0 Å². The molecule has 0 amide bonds. The lowest BCUT2D eigenvalue weighted by molar-refractivity contribution is -0.276. The van der Waals surface area contributed by atoms with Crippen LogP contribution < -0.4 is 15.0 Å². The van der Waals surface area contributed by atoms with Crippen molar-refractivity contribution in [3.8, 4) is 11.6 Å². The highest BCUT2D eigenvalue weighted by molar-refractivity contribution is 14.1. The zero-order valence-corrected chi connectivity index (χ0v) is 9.47. The number of methoxy groups -OCH3 is 1. The van der Waals surface area contributed by atoms with Gasteiger partial charge in [-0.2, -0.15) is 0 Å². The molecule has 15 heavy (non-hydrogen) atoms. The van der Waals surface area contributed by atoms with Gasteiger partial charge in [0.2, 0.25) is 5.88 Å². The molecular weight excluding hydrogens is 330 g/mol. The minimum atomic E-state index is -4.87. The molecule has 1 N–H and O–H groups in total. The number of ether oxygens (including phenoxy) is 2. The molecule has 1 rings (SSSR count). The van der Waals surface area contributed by atoms with Gasteiger partial charge < -0.3 is 9.47 Å². The lowest BCUT2D eigenvalue weighted by atomic mass is 10.4. The van der Waals surface area contributed by atoms with Gasteiger partial charge in [-0.05, 0) is 22.6 Å². The maximum absolute atomic E-state index is 11.9. The van der Waals surface area contributed by atoms with Crippen LogP contribution in [0, 0.1) is 3.57 Å². The average Bonchev–Trinajstić information content (AvgIpc) is 2.08. The fraction of sp³-hybridized carbons (Fsp3) is 0.286. The highest BCUT2D eigenvalue weighted by Crippen LogP contribution is 2.29. The van der Waals surface area contributed by atoms with Crippen LogP contribution in [-0.4, -0.2) is 18.5 Å². The number of halogens is 4. The summed E-state index contributed by atoms with van der Waals surface area (Å²) < 4.78 is 44.1. The number of alkyl halides is 3. The summed E-state index contributed by atoms with van der Waals surface area (Å²) in [4.78, 5) is 12.9. The second-order valence-corrected chi connectivity index (χ2v) is 3.55. The third-order valence-electron chi connectivity index (χ3n) is 1.36. The topological polar surface area (TPSA) is 51.3 Å². The molecule has 0 radical (unpaired) electrons. The summed E-state index contributed by atoms with van der Waals surface area (Å²) in [5, 5.41) is 0. The molecule has 0 unspecified atom stereocenters. The number of pyridine rings is 1. The monoisotopic (exact) mass is 335 g/mol. The number of rotatable bonds is 2. The van der Waals surface area contributed by atoms with Crippen molar-refractivity contribution in [2.24, 2.45) is 0 Å². The Morgan fingerprint density at radius 3 is 2.53 bits per heavy atom. The lowest BCUT2D eigenvalue weighted by Gasteiger charge is -2.11. The molecule has 0 saturated carbocycles. The molecule has 84 valence electrons. The summed E-state index contributed by atoms with van der Waals surface area (Å²) in [7, 11) is 1.17. The largest absolute Gasteiger partial charge is 0.574 e. The SMILES string of the molecule is COc1cc(I)c(=O)[nH]c1OC(F)(F)F. The van der Waals surface area contributed by atoms with Crippen LogP contribution in [0.3, 0.4) is 0 Å². The van der Waals surface area contributed by atoms with Gasteiger partial charge in [0.05, 0.1) is 10.7 Å². The third-order valence-corrected chi connectivity index (χ3v) is 2.16. The number of hydrogen-bond acceptors (Lipinski definition) is 3. The quantitative estimate of drug-likeness (QED) is 0.840. The minimum absolute atomic E-state index is 0.184. The maximum Gasteiger partial charge on any atom is 0.574 e. The molecule has 0 atom stereocenters. The van der Waals surface area contributed by atoms with Crippen molar-refractivity contribution in [3.63, 3.8) is 0 Å². The van der Waals surface area contributed by atoms with Gasteiger partial charge in [0.1, 0.15) is 0 Å². The molecule has 0 aliphatic carbocycles. The van der Waals surface area contributed by atoms with Crippen LogP contribution in [0.25, 0.3) is 0 Å². The van der Waals surface area contributed by atoms with Crippen molar-refractivity contribution in [2.75, 3.05) is 7.11 Å². The number of nitrogens with one attached hydrogen (secondary N) is 1. The molecule has 0 bridgehead atoms. The Labute approximate surface area is 95.5 Å². The van der Waals surface area contributed by atoms with Crippen molar-refractivity contribution >= 4 is 22.6 Å². The zero-order valence-electron chi connectivity index (χ0n) is 7.31. The summed E-state index contributed by atoms with van der Waals surface area (Å²) in [6.07, 6.45) is -4.87. The maximum atomic E-state index is 11.9. The second-order valence-electron chi connectivity index (χ2n) is 2.39. The molecule has 0 aliphatic heterocycles. The Morgan fingerprint density at radius 1 is 1.47 bits per heavy atom. The van der Waals surface area contributed by atoms with E-state index in [1.807, 2.05) is 4.98 Å². The van der Waals surface area contributed by atoms with Crippen LogP contribution in [0.1, 0.15) is 0 Å². The Bertz CT molecular complexity index is 415. The Balaban J connectivity index is 3.17. The first-order valence-electron chi connectivity index (χ1n) is 3.56. The van der Waals surface area contributed by atoms with E-state index in [2.05, 4.69) is 9.47 Å². The summed E-state index contributed by atoms with van der Waals surface area (Å²) in [6.45, 7) is 0. The van der Waals surface area contributed by atoms with Gasteiger partial charge in [-0.3, -0.25) is 9.78 Å². The van der Waals surface area contributed by atoms with E-state index in [9.17, 15) is 18.0 Å². The van der Waals surface area contributed by atoms with Gasteiger partial charge in [-0.1, -0.05) is 0 Å². The molecule has 1 aromatic heterocycles. The van der Waals surface area contributed by atoms with Crippen molar-refractivity contribution in [1.29, 1.82) is 0 Å². The molecule has 0 fully saturated rings. The fourth-order valence-corrected chi connectivity index (χ4v) is 1.23. The number of H-pyrrole nitrogens is 1. The molecule has 8 heteroatoms. The summed E-state index contributed by atoms with van der Waals surface area (Å²) in [5.74, 6) is -0.938. The molecule has 4 nitrogen and oxygen atoms in total. The summed E-state index contributed by atoms with van der Waals surface area (Å²) in [5.41, 5.74) is -0.671. The highest BCUT2D eigenvalue weighted by Gasteiger charge is 2.33. The van der Waals surface area contributed by atoms with E-state index in [0.29, 0.717) is 0 Å². The smallest absolute Gasteiger partial charge is 0.491 e.